The van der Waals surface area contributed by atoms with Gasteiger partial charge < -0.3 is 14.7 Å². The predicted octanol–water partition coefficient (Wildman–Crippen LogP) is 3.68. The third-order valence-electron chi connectivity index (χ3n) is 5.82. The van der Waals surface area contributed by atoms with E-state index in [1.165, 1.54) is 13.2 Å². The van der Waals surface area contributed by atoms with Crippen LogP contribution in [0.15, 0.2) is 48.9 Å². The van der Waals surface area contributed by atoms with Crippen LogP contribution in [-0.2, 0) is 0 Å². The minimum Gasteiger partial charge on any atom is -0.481 e. The number of anilines is 1. The van der Waals surface area contributed by atoms with Gasteiger partial charge in [-0.1, -0.05) is 0 Å². The number of hydrogen-bond donors (Lipinski definition) is 1. The van der Waals surface area contributed by atoms with Gasteiger partial charge in [-0.05, 0) is 42.8 Å². The molecule has 0 radical (unpaired) electrons. The second-order valence-corrected chi connectivity index (χ2v) is 8.01. The molecule has 1 aliphatic heterocycles. The van der Waals surface area contributed by atoms with Crippen LogP contribution >= 0.6 is 0 Å². The molecule has 8 nitrogen and oxygen atoms in total. The van der Waals surface area contributed by atoms with Crippen molar-refractivity contribution in [3.63, 3.8) is 0 Å². The van der Waals surface area contributed by atoms with Crippen LogP contribution in [0.5, 0.6) is 5.88 Å². The van der Waals surface area contributed by atoms with E-state index < -0.39 is 24.1 Å². The van der Waals surface area contributed by atoms with Crippen molar-refractivity contribution >= 4 is 11.5 Å². The number of methoxy groups -OCH3 is 1. The monoisotopic (exact) mass is 452 g/mol. The van der Waals surface area contributed by atoms with Crippen LogP contribution in [0, 0.1) is 5.82 Å². The standard InChI is InChI=1S/C23H22F2N6O2/c1-13(32)14-5-6-26-18(7-14)20-11-27-21-3-4-22(29-31(20)21)30-12-16(25)9-19(30)17-8-15(24)10-28-23(17)33-2/h3-8,10-11,13,16,19,32H,9,12H2,1-2H3/t13?,16-,19+/m0/s1. The fourth-order valence-corrected chi connectivity index (χ4v) is 4.22. The molecule has 10 heteroatoms. The minimum atomic E-state index is -1.12. The van der Waals surface area contributed by atoms with Crippen molar-refractivity contribution in [3.05, 3.63) is 65.9 Å². The maximum Gasteiger partial charge on any atom is 0.218 e. The van der Waals surface area contributed by atoms with Crippen molar-refractivity contribution in [1.29, 1.82) is 0 Å². The lowest BCUT2D eigenvalue weighted by atomic mass is 10.1. The number of pyridine rings is 2. The number of rotatable bonds is 5. The van der Waals surface area contributed by atoms with Gasteiger partial charge in [-0.15, -0.1) is 5.10 Å². The molecule has 3 atom stereocenters. The molecule has 33 heavy (non-hydrogen) atoms. The molecule has 0 aliphatic carbocycles. The summed E-state index contributed by atoms with van der Waals surface area (Å²) in [5, 5.41) is 14.6. The number of halogens is 2. The lowest BCUT2D eigenvalue weighted by molar-refractivity contribution is 0.199. The summed E-state index contributed by atoms with van der Waals surface area (Å²) >= 11 is 0. The number of hydrogen-bond acceptors (Lipinski definition) is 7. The quantitative estimate of drug-likeness (QED) is 0.494. The molecule has 0 bridgehead atoms. The van der Waals surface area contributed by atoms with E-state index in [0.29, 0.717) is 28.4 Å². The highest BCUT2D eigenvalue weighted by Gasteiger charge is 2.36. The third kappa shape index (κ3) is 3.86. The Hall–Kier alpha value is -3.66. The van der Waals surface area contributed by atoms with Crippen molar-refractivity contribution in [2.75, 3.05) is 18.6 Å². The molecule has 1 aliphatic rings. The van der Waals surface area contributed by atoms with Crippen LogP contribution in [0.4, 0.5) is 14.6 Å². The predicted molar refractivity (Wildman–Crippen MR) is 117 cm³/mol. The summed E-state index contributed by atoms with van der Waals surface area (Å²) in [6.07, 6.45) is 2.75. The Morgan fingerprint density at radius 3 is 2.79 bits per heavy atom. The Kier molecular flexibility index (Phi) is 5.37. The number of fused-ring (bicyclic) bond motifs is 1. The maximum absolute atomic E-state index is 14.6. The first kappa shape index (κ1) is 21.2. The van der Waals surface area contributed by atoms with Gasteiger partial charge >= 0.3 is 0 Å². The average Bonchev–Trinajstić information content (AvgIpc) is 3.42. The van der Waals surface area contributed by atoms with Crippen LogP contribution in [0.25, 0.3) is 17.0 Å². The summed E-state index contributed by atoms with van der Waals surface area (Å²) in [6.45, 7) is 1.78. The molecule has 0 spiro atoms. The molecule has 4 aromatic heterocycles. The van der Waals surface area contributed by atoms with Crippen molar-refractivity contribution < 1.29 is 18.6 Å². The van der Waals surface area contributed by atoms with Gasteiger partial charge in [0.25, 0.3) is 0 Å². The number of imidazole rings is 1. The molecule has 5 heterocycles. The third-order valence-corrected chi connectivity index (χ3v) is 5.82. The number of aromatic nitrogens is 5. The molecule has 1 fully saturated rings. The lowest BCUT2D eigenvalue weighted by Crippen LogP contribution is -2.26. The van der Waals surface area contributed by atoms with Crippen LogP contribution < -0.4 is 9.64 Å². The van der Waals surface area contributed by atoms with Gasteiger partial charge in [-0.25, -0.2) is 23.3 Å². The highest BCUT2D eigenvalue weighted by molar-refractivity contribution is 5.61. The first-order valence-corrected chi connectivity index (χ1v) is 10.5. The van der Waals surface area contributed by atoms with E-state index in [2.05, 4.69) is 15.0 Å². The van der Waals surface area contributed by atoms with E-state index in [4.69, 9.17) is 9.84 Å². The van der Waals surface area contributed by atoms with Gasteiger partial charge in [0, 0.05) is 18.2 Å². The van der Waals surface area contributed by atoms with E-state index in [0.717, 1.165) is 11.8 Å². The SMILES string of the molecule is COc1ncc(F)cc1[C@H]1C[C@H](F)CN1c1ccc2ncc(-c3cc(C(C)O)ccn3)n2n1. The van der Waals surface area contributed by atoms with Crippen LogP contribution in [-0.4, -0.2) is 49.5 Å². The number of ether oxygens (including phenoxy) is 1. The van der Waals surface area contributed by atoms with Crippen molar-refractivity contribution in [1.82, 2.24) is 24.6 Å². The highest BCUT2D eigenvalue weighted by Crippen LogP contribution is 2.40. The maximum atomic E-state index is 14.6. The first-order chi connectivity index (χ1) is 15.9. The zero-order valence-electron chi connectivity index (χ0n) is 18.1. The van der Waals surface area contributed by atoms with Gasteiger partial charge in [0.15, 0.2) is 5.65 Å². The van der Waals surface area contributed by atoms with E-state index in [1.54, 1.807) is 53.0 Å². The fraction of sp³-hybridized carbons (Fsp3) is 0.304. The number of nitrogens with zero attached hydrogens (tertiary/aromatic N) is 6. The largest absolute Gasteiger partial charge is 0.481 e. The van der Waals surface area contributed by atoms with E-state index in [9.17, 15) is 13.9 Å². The Morgan fingerprint density at radius 2 is 2.00 bits per heavy atom. The zero-order chi connectivity index (χ0) is 23.1. The van der Waals surface area contributed by atoms with Crippen molar-refractivity contribution in [3.8, 4) is 17.3 Å². The first-order valence-electron chi connectivity index (χ1n) is 10.5. The number of aliphatic hydroxyl groups is 1. The summed E-state index contributed by atoms with van der Waals surface area (Å²) in [7, 11) is 1.45. The van der Waals surface area contributed by atoms with Crippen LogP contribution in [0.3, 0.4) is 0 Å². The second kappa shape index (κ2) is 8.36. The smallest absolute Gasteiger partial charge is 0.218 e. The molecule has 1 N–H and O–H groups in total. The molecule has 5 rings (SSSR count). The molecule has 0 saturated carbocycles. The Bertz CT molecular complexity index is 1310. The average molecular weight is 452 g/mol. The summed E-state index contributed by atoms with van der Waals surface area (Å²) in [5.41, 5.74) is 3.01. The molecule has 4 aromatic rings. The highest BCUT2D eigenvalue weighted by atomic mass is 19.1. The van der Waals surface area contributed by atoms with Crippen LogP contribution in [0.2, 0.25) is 0 Å². The summed E-state index contributed by atoms with van der Waals surface area (Å²) in [6, 6.07) is 7.90. The van der Waals surface area contributed by atoms with Gasteiger partial charge in [0.2, 0.25) is 5.88 Å². The fourth-order valence-electron chi connectivity index (χ4n) is 4.22. The molecule has 170 valence electrons. The number of alkyl halides is 1. The molecule has 0 amide bonds. The minimum absolute atomic E-state index is 0.0998. The van der Waals surface area contributed by atoms with Gasteiger partial charge in [-0.2, -0.15) is 0 Å². The summed E-state index contributed by atoms with van der Waals surface area (Å²) < 4.78 is 35.5. The molecule has 0 aromatic carbocycles. The molecule has 1 saturated heterocycles. The summed E-state index contributed by atoms with van der Waals surface area (Å²) in [5.74, 6) is 0.242. The van der Waals surface area contributed by atoms with Crippen LogP contribution in [0.1, 0.15) is 36.6 Å². The van der Waals surface area contributed by atoms with Gasteiger partial charge in [-0.3, -0.25) is 4.98 Å². The van der Waals surface area contributed by atoms with Crippen molar-refractivity contribution in [2.24, 2.45) is 0 Å². The van der Waals surface area contributed by atoms with E-state index >= 15 is 0 Å². The topological polar surface area (TPSA) is 88.7 Å². The Morgan fingerprint density at radius 1 is 1.15 bits per heavy atom. The zero-order valence-corrected chi connectivity index (χ0v) is 18.1. The number of aliphatic hydroxyl groups excluding tert-OH is 1. The summed E-state index contributed by atoms with van der Waals surface area (Å²) in [4.78, 5) is 14.6. The Labute approximate surface area is 188 Å². The molecule has 1 unspecified atom stereocenters. The normalized spacial score (nSPS) is 19.2. The molecular formula is C23H22F2N6O2. The van der Waals surface area contributed by atoms with Gasteiger partial charge in [0.1, 0.15) is 23.5 Å². The van der Waals surface area contributed by atoms with Crippen molar-refractivity contribution in [2.45, 2.75) is 31.7 Å². The van der Waals surface area contributed by atoms with E-state index in [-0.39, 0.29) is 18.8 Å². The second-order valence-electron chi connectivity index (χ2n) is 8.01. The Balaban J connectivity index is 1.58. The van der Waals surface area contributed by atoms with E-state index in [1.807, 2.05) is 0 Å². The molecular weight excluding hydrogens is 430 g/mol. The van der Waals surface area contributed by atoms with Gasteiger partial charge in [0.05, 0.1) is 43.9 Å². The lowest BCUT2D eigenvalue weighted by Gasteiger charge is -2.26.